The van der Waals surface area contributed by atoms with Gasteiger partial charge in [-0.3, -0.25) is 0 Å². The number of anilines is 1. The summed E-state index contributed by atoms with van der Waals surface area (Å²) in [5, 5.41) is 0. The fourth-order valence-corrected chi connectivity index (χ4v) is 2.83. The summed E-state index contributed by atoms with van der Waals surface area (Å²) in [6.45, 7) is 5.44. The van der Waals surface area contributed by atoms with Gasteiger partial charge in [-0.2, -0.15) is 0 Å². The van der Waals surface area contributed by atoms with Crippen LogP contribution < -0.4 is 10.6 Å². The monoisotopic (exact) mass is 218 g/mol. The van der Waals surface area contributed by atoms with Gasteiger partial charge in [-0.15, -0.1) is 0 Å². The van der Waals surface area contributed by atoms with Gasteiger partial charge in [0, 0.05) is 24.3 Å². The van der Waals surface area contributed by atoms with Crippen molar-refractivity contribution in [3.05, 3.63) is 29.8 Å². The summed E-state index contributed by atoms with van der Waals surface area (Å²) in [4.78, 5) is 2.48. The van der Waals surface area contributed by atoms with E-state index in [1.54, 1.807) is 0 Å². The maximum absolute atomic E-state index is 6.20. The molecule has 2 atom stereocenters. The van der Waals surface area contributed by atoms with Gasteiger partial charge in [-0.05, 0) is 44.7 Å². The largest absolute Gasteiger partial charge is 0.367 e. The molecule has 88 valence electrons. The molecule has 2 N–H and O–H groups in total. The Morgan fingerprint density at radius 1 is 1.31 bits per heavy atom. The first-order valence-corrected chi connectivity index (χ1v) is 6.32. The van der Waals surface area contributed by atoms with Crippen LogP contribution in [-0.2, 0) is 0 Å². The van der Waals surface area contributed by atoms with Gasteiger partial charge in [0.2, 0.25) is 0 Å². The van der Waals surface area contributed by atoms with Crippen molar-refractivity contribution in [1.29, 1.82) is 0 Å². The van der Waals surface area contributed by atoms with Crippen molar-refractivity contribution in [3.8, 4) is 0 Å². The maximum atomic E-state index is 6.20. The molecule has 2 heteroatoms. The van der Waals surface area contributed by atoms with E-state index in [0.29, 0.717) is 12.1 Å². The van der Waals surface area contributed by atoms with Gasteiger partial charge in [-0.1, -0.05) is 18.2 Å². The van der Waals surface area contributed by atoms with Gasteiger partial charge in [0.25, 0.3) is 0 Å². The lowest BCUT2D eigenvalue weighted by Crippen LogP contribution is -2.44. The molecule has 0 radical (unpaired) electrons. The molecule has 0 aromatic heterocycles. The lowest BCUT2D eigenvalue weighted by Gasteiger charge is -2.33. The molecular weight excluding hydrogens is 196 g/mol. The third kappa shape index (κ3) is 2.07. The van der Waals surface area contributed by atoms with Gasteiger partial charge in [0.05, 0.1) is 0 Å². The zero-order chi connectivity index (χ0) is 11.5. The molecule has 0 spiro atoms. The highest BCUT2D eigenvalue weighted by atomic mass is 15.2. The highest BCUT2D eigenvalue weighted by molar-refractivity contribution is 5.54. The smallest absolute Gasteiger partial charge is 0.0441 e. The summed E-state index contributed by atoms with van der Waals surface area (Å²) in [6, 6.07) is 9.49. The van der Waals surface area contributed by atoms with Crippen molar-refractivity contribution in [2.75, 3.05) is 11.4 Å². The van der Waals surface area contributed by atoms with Crippen molar-refractivity contribution in [2.24, 2.45) is 5.73 Å². The minimum Gasteiger partial charge on any atom is -0.367 e. The number of nitrogens with zero attached hydrogens (tertiary/aromatic N) is 1. The summed E-state index contributed by atoms with van der Waals surface area (Å²) >= 11 is 0. The number of hydrogen-bond acceptors (Lipinski definition) is 2. The SMILES string of the molecule is CCN(c1ccccc1C)C1CCCC1N. The minimum absolute atomic E-state index is 0.347. The first-order chi connectivity index (χ1) is 7.74. The molecule has 1 aromatic rings. The molecule has 0 aliphatic heterocycles. The molecule has 0 amide bonds. The molecule has 2 unspecified atom stereocenters. The van der Waals surface area contributed by atoms with Gasteiger partial charge in [-0.25, -0.2) is 0 Å². The zero-order valence-corrected chi connectivity index (χ0v) is 10.3. The van der Waals surface area contributed by atoms with Crippen LogP contribution in [0.25, 0.3) is 0 Å². The molecule has 1 saturated carbocycles. The number of rotatable bonds is 3. The highest BCUT2D eigenvalue weighted by Gasteiger charge is 2.29. The molecule has 0 heterocycles. The fraction of sp³-hybridized carbons (Fsp3) is 0.571. The van der Waals surface area contributed by atoms with Gasteiger partial charge in [0.1, 0.15) is 0 Å². The molecule has 1 aliphatic rings. The second-order valence-corrected chi connectivity index (χ2v) is 4.73. The van der Waals surface area contributed by atoms with Crippen LogP contribution >= 0.6 is 0 Å². The first-order valence-electron chi connectivity index (χ1n) is 6.32. The average molecular weight is 218 g/mol. The Kier molecular flexibility index (Phi) is 3.49. The van der Waals surface area contributed by atoms with Crippen LogP contribution in [0.1, 0.15) is 31.7 Å². The Labute approximate surface area is 98.4 Å². The maximum Gasteiger partial charge on any atom is 0.0441 e. The van der Waals surface area contributed by atoms with Crippen LogP contribution in [0.2, 0.25) is 0 Å². The van der Waals surface area contributed by atoms with E-state index in [1.807, 2.05) is 0 Å². The van der Waals surface area contributed by atoms with Crippen molar-refractivity contribution in [1.82, 2.24) is 0 Å². The summed E-state index contributed by atoms with van der Waals surface area (Å²) in [7, 11) is 0. The van der Waals surface area contributed by atoms with E-state index in [9.17, 15) is 0 Å². The lowest BCUT2D eigenvalue weighted by molar-refractivity contribution is 0.550. The predicted octanol–water partition coefficient (Wildman–Crippen LogP) is 2.70. The number of para-hydroxylation sites is 1. The number of hydrogen-bond donors (Lipinski definition) is 1. The van der Waals surface area contributed by atoms with Crippen LogP contribution in [0, 0.1) is 6.92 Å². The number of aryl methyl sites for hydroxylation is 1. The van der Waals surface area contributed by atoms with E-state index in [0.717, 1.165) is 6.54 Å². The summed E-state index contributed by atoms with van der Waals surface area (Å²) in [6.07, 6.45) is 3.69. The van der Waals surface area contributed by atoms with Crippen LogP contribution in [0.4, 0.5) is 5.69 Å². The van der Waals surface area contributed by atoms with E-state index in [-0.39, 0.29) is 0 Å². The fourth-order valence-electron chi connectivity index (χ4n) is 2.83. The Hall–Kier alpha value is -1.02. The topological polar surface area (TPSA) is 29.3 Å². The molecule has 0 saturated heterocycles. The quantitative estimate of drug-likeness (QED) is 0.845. The van der Waals surface area contributed by atoms with Gasteiger partial charge in [0.15, 0.2) is 0 Å². The normalized spacial score (nSPS) is 24.7. The van der Waals surface area contributed by atoms with Crippen molar-refractivity contribution in [3.63, 3.8) is 0 Å². The molecule has 2 nitrogen and oxygen atoms in total. The number of benzene rings is 1. The van der Waals surface area contributed by atoms with Gasteiger partial charge >= 0.3 is 0 Å². The summed E-state index contributed by atoms with van der Waals surface area (Å²) in [5.74, 6) is 0. The molecule has 1 aliphatic carbocycles. The van der Waals surface area contributed by atoms with Crippen LogP contribution in [0.3, 0.4) is 0 Å². The third-order valence-corrected chi connectivity index (χ3v) is 3.70. The standard InChI is InChI=1S/C14H22N2/c1-3-16(14-10-6-8-12(14)15)13-9-5-4-7-11(13)2/h4-5,7,9,12,14H,3,6,8,10,15H2,1-2H3. The third-order valence-electron chi connectivity index (χ3n) is 3.70. The average Bonchev–Trinajstić information content (AvgIpc) is 2.69. The van der Waals surface area contributed by atoms with Crippen LogP contribution in [0.5, 0.6) is 0 Å². The predicted molar refractivity (Wildman–Crippen MR) is 69.8 cm³/mol. The van der Waals surface area contributed by atoms with Crippen molar-refractivity contribution in [2.45, 2.75) is 45.2 Å². The minimum atomic E-state index is 0.347. The summed E-state index contributed by atoms with van der Waals surface area (Å²) in [5.41, 5.74) is 8.91. The number of nitrogens with two attached hydrogens (primary N) is 1. The molecular formula is C14H22N2. The first kappa shape index (κ1) is 11.5. The van der Waals surface area contributed by atoms with E-state index in [1.165, 1.54) is 30.5 Å². The molecule has 0 bridgehead atoms. The Balaban J connectivity index is 2.25. The molecule has 1 aromatic carbocycles. The second-order valence-electron chi connectivity index (χ2n) is 4.73. The van der Waals surface area contributed by atoms with E-state index >= 15 is 0 Å². The lowest BCUT2D eigenvalue weighted by atomic mass is 10.1. The Morgan fingerprint density at radius 3 is 2.62 bits per heavy atom. The molecule has 1 fully saturated rings. The van der Waals surface area contributed by atoms with E-state index in [4.69, 9.17) is 5.73 Å². The summed E-state index contributed by atoms with van der Waals surface area (Å²) < 4.78 is 0. The van der Waals surface area contributed by atoms with Crippen LogP contribution in [-0.4, -0.2) is 18.6 Å². The van der Waals surface area contributed by atoms with E-state index < -0.39 is 0 Å². The second kappa shape index (κ2) is 4.88. The van der Waals surface area contributed by atoms with Crippen LogP contribution in [0.15, 0.2) is 24.3 Å². The number of likely N-dealkylation sites (N-methyl/N-ethyl adjacent to an activating group) is 1. The van der Waals surface area contributed by atoms with E-state index in [2.05, 4.69) is 43.0 Å². The Morgan fingerprint density at radius 2 is 2.06 bits per heavy atom. The van der Waals surface area contributed by atoms with Crippen molar-refractivity contribution < 1.29 is 0 Å². The van der Waals surface area contributed by atoms with Crippen molar-refractivity contribution >= 4 is 5.69 Å². The Bertz CT molecular complexity index is 348. The van der Waals surface area contributed by atoms with Gasteiger partial charge < -0.3 is 10.6 Å². The zero-order valence-electron chi connectivity index (χ0n) is 10.3. The highest BCUT2D eigenvalue weighted by Crippen LogP contribution is 2.29. The molecule has 16 heavy (non-hydrogen) atoms. The molecule has 2 rings (SSSR count).